The molecule has 1 aromatic carbocycles. The summed E-state index contributed by atoms with van der Waals surface area (Å²) in [6.45, 7) is 0.569. The van der Waals surface area contributed by atoms with Gasteiger partial charge in [-0.15, -0.1) is 10.2 Å². The number of aromatic nitrogens is 4. The minimum Gasteiger partial charge on any atom is -0.461 e. The van der Waals surface area contributed by atoms with Gasteiger partial charge in [0.25, 0.3) is 0 Å². The zero-order valence-electron chi connectivity index (χ0n) is 18.3. The molecule has 0 unspecified atom stereocenters. The van der Waals surface area contributed by atoms with Crippen LogP contribution in [0.15, 0.2) is 58.4 Å². The van der Waals surface area contributed by atoms with Crippen LogP contribution in [-0.2, 0) is 6.54 Å². The van der Waals surface area contributed by atoms with Crippen LogP contribution in [0.3, 0.4) is 0 Å². The number of carbonyl (C=O) groups excluding carboxylic acids is 1. The molecule has 1 saturated carbocycles. The highest BCUT2D eigenvalue weighted by Gasteiger charge is 2.26. The van der Waals surface area contributed by atoms with Gasteiger partial charge in [-0.25, -0.2) is 0 Å². The Labute approximate surface area is 196 Å². The average molecular weight is 460 g/mol. The number of hydrogen-bond donors (Lipinski definition) is 0. The summed E-state index contributed by atoms with van der Waals surface area (Å²) in [4.78, 5) is 13.3. The molecule has 0 bridgehead atoms. The molecule has 0 radical (unpaired) electrons. The zero-order chi connectivity index (χ0) is 22.6. The van der Waals surface area contributed by atoms with E-state index in [4.69, 9.17) is 9.68 Å². The second kappa shape index (κ2) is 9.67. The maximum atomic E-state index is 13.3. The van der Waals surface area contributed by atoms with Gasteiger partial charge < -0.3 is 8.98 Å². The molecule has 7 nitrogen and oxygen atoms in total. The molecule has 1 aliphatic carbocycles. The van der Waals surface area contributed by atoms with E-state index in [0.29, 0.717) is 30.3 Å². The molecule has 4 aromatic rings. The summed E-state index contributed by atoms with van der Waals surface area (Å²) in [6, 6.07) is 14.1. The first-order valence-corrected chi connectivity index (χ1v) is 12.3. The van der Waals surface area contributed by atoms with Crippen LogP contribution in [0.5, 0.6) is 0 Å². The number of benzene rings is 1. The van der Waals surface area contributed by atoms with E-state index in [1.807, 2.05) is 47.2 Å². The van der Waals surface area contributed by atoms with Gasteiger partial charge in [-0.1, -0.05) is 49.2 Å². The summed E-state index contributed by atoms with van der Waals surface area (Å²) in [6.07, 6.45) is 9.72. The van der Waals surface area contributed by atoms with Gasteiger partial charge in [-0.05, 0) is 31.0 Å². The lowest BCUT2D eigenvalue weighted by Crippen LogP contribution is -2.15. The largest absolute Gasteiger partial charge is 0.461 e. The summed E-state index contributed by atoms with van der Waals surface area (Å²) < 4.78 is 9.79. The lowest BCUT2D eigenvalue weighted by atomic mass is 9.95. The molecule has 0 saturated heterocycles. The number of thioether (sulfide) groups is 1. The van der Waals surface area contributed by atoms with E-state index >= 15 is 0 Å². The van der Waals surface area contributed by atoms with Crippen molar-refractivity contribution in [3.8, 4) is 17.7 Å². The van der Waals surface area contributed by atoms with Crippen molar-refractivity contribution < 1.29 is 9.21 Å². The first-order valence-electron chi connectivity index (χ1n) is 11.4. The Balaban J connectivity index is 1.41. The lowest BCUT2D eigenvalue weighted by Gasteiger charge is -2.25. The van der Waals surface area contributed by atoms with Gasteiger partial charge in [0.05, 0.1) is 24.5 Å². The monoisotopic (exact) mass is 459 g/mol. The van der Waals surface area contributed by atoms with Crippen LogP contribution in [0, 0.1) is 11.3 Å². The number of para-hydroxylation sites is 1. The van der Waals surface area contributed by atoms with Crippen molar-refractivity contribution in [1.29, 1.82) is 5.26 Å². The Morgan fingerprint density at radius 1 is 1.15 bits per heavy atom. The zero-order valence-corrected chi connectivity index (χ0v) is 19.1. The molecule has 0 spiro atoms. The van der Waals surface area contributed by atoms with Gasteiger partial charge in [-0.3, -0.25) is 9.36 Å². The summed E-state index contributed by atoms with van der Waals surface area (Å²) in [5.74, 6) is 1.75. The number of aryl methyl sites for hydroxylation is 1. The van der Waals surface area contributed by atoms with Crippen molar-refractivity contribution in [2.24, 2.45) is 0 Å². The maximum Gasteiger partial charge on any atom is 0.200 e. The summed E-state index contributed by atoms with van der Waals surface area (Å²) in [5.41, 5.74) is 1.66. The van der Waals surface area contributed by atoms with Crippen molar-refractivity contribution in [3.63, 3.8) is 0 Å². The van der Waals surface area contributed by atoms with Crippen molar-refractivity contribution in [2.45, 2.75) is 56.3 Å². The number of hydrogen-bond acceptors (Lipinski definition) is 6. The fourth-order valence-corrected chi connectivity index (χ4v) is 5.54. The van der Waals surface area contributed by atoms with Crippen LogP contribution in [0.25, 0.3) is 22.5 Å². The first-order chi connectivity index (χ1) is 16.3. The van der Waals surface area contributed by atoms with Gasteiger partial charge in [0, 0.05) is 35.2 Å². The summed E-state index contributed by atoms with van der Waals surface area (Å²) >= 11 is 1.43. The molecule has 1 aliphatic rings. The number of rotatable bonds is 8. The Hall–Kier alpha value is -3.31. The molecule has 0 N–H and O–H groups in total. The van der Waals surface area contributed by atoms with Crippen LogP contribution in [0.4, 0.5) is 0 Å². The van der Waals surface area contributed by atoms with E-state index in [2.05, 4.69) is 20.8 Å². The average Bonchev–Trinajstić information content (AvgIpc) is 3.60. The van der Waals surface area contributed by atoms with Crippen LogP contribution in [0.2, 0.25) is 0 Å². The third-order valence-electron chi connectivity index (χ3n) is 6.23. The van der Waals surface area contributed by atoms with Crippen LogP contribution in [0.1, 0.15) is 54.9 Å². The number of Topliss-reactive ketones (excluding diaryl/α,β-unsaturated/α-hetero) is 1. The normalized spacial score (nSPS) is 14.5. The Kier molecular flexibility index (Phi) is 6.31. The molecule has 0 atom stereocenters. The van der Waals surface area contributed by atoms with Gasteiger partial charge in [0.2, 0.25) is 5.82 Å². The molecule has 0 amide bonds. The molecule has 0 aliphatic heterocycles. The van der Waals surface area contributed by atoms with Crippen molar-refractivity contribution >= 4 is 28.4 Å². The third-order valence-corrected chi connectivity index (χ3v) is 7.17. The number of nitriles is 1. The van der Waals surface area contributed by atoms with Crippen molar-refractivity contribution in [1.82, 2.24) is 19.3 Å². The third kappa shape index (κ3) is 4.33. The number of carbonyl (C=O) groups is 1. The number of ketones is 1. The van der Waals surface area contributed by atoms with E-state index in [-0.39, 0.29) is 11.5 Å². The predicted octanol–water partition coefficient (Wildman–Crippen LogP) is 5.89. The Bertz CT molecular complexity index is 1290. The molecular formula is C25H25N5O2S. The van der Waals surface area contributed by atoms with E-state index in [0.717, 1.165) is 34.7 Å². The lowest BCUT2D eigenvalue weighted by molar-refractivity contribution is 0.102. The summed E-state index contributed by atoms with van der Waals surface area (Å²) in [5, 5.41) is 19.5. The van der Waals surface area contributed by atoms with Crippen LogP contribution >= 0.6 is 11.8 Å². The van der Waals surface area contributed by atoms with Gasteiger partial charge in [0.15, 0.2) is 16.7 Å². The SMILES string of the molecule is N#CCCn1cc(C(=O)CSc2nnc(-c3ccco3)n2C2CCCCC2)c2ccccc21. The van der Waals surface area contributed by atoms with Crippen LogP contribution < -0.4 is 0 Å². The molecule has 3 heterocycles. The second-order valence-corrected chi connectivity index (χ2v) is 9.26. The van der Waals surface area contributed by atoms with Crippen molar-refractivity contribution in [3.05, 3.63) is 54.4 Å². The maximum absolute atomic E-state index is 13.3. The molecule has 5 rings (SSSR count). The van der Waals surface area contributed by atoms with E-state index in [1.165, 1.54) is 31.0 Å². The fraction of sp³-hybridized carbons (Fsp3) is 0.360. The molecular weight excluding hydrogens is 434 g/mol. The molecule has 3 aromatic heterocycles. The number of fused-ring (bicyclic) bond motifs is 1. The number of furan rings is 1. The highest BCUT2D eigenvalue weighted by molar-refractivity contribution is 7.99. The van der Waals surface area contributed by atoms with Gasteiger partial charge in [0.1, 0.15) is 0 Å². The molecule has 8 heteroatoms. The highest BCUT2D eigenvalue weighted by Crippen LogP contribution is 2.36. The Morgan fingerprint density at radius 3 is 2.79 bits per heavy atom. The topological polar surface area (TPSA) is 89.6 Å². The molecule has 168 valence electrons. The minimum absolute atomic E-state index is 0.0460. The first kappa shape index (κ1) is 21.5. The minimum atomic E-state index is 0.0460. The van der Waals surface area contributed by atoms with Crippen molar-refractivity contribution in [2.75, 3.05) is 5.75 Å². The smallest absolute Gasteiger partial charge is 0.200 e. The van der Waals surface area contributed by atoms with E-state index in [9.17, 15) is 4.79 Å². The second-order valence-electron chi connectivity index (χ2n) is 8.32. The quantitative estimate of drug-likeness (QED) is 0.241. The number of nitrogens with zero attached hydrogens (tertiary/aromatic N) is 5. The molecule has 33 heavy (non-hydrogen) atoms. The van der Waals surface area contributed by atoms with E-state index in [1.54, 1.807) is 6.26 Å². The predicted molar refractivity (Wildman–Crippen MR) is 127 cm³/mol. The summed E-state index contributed by atoms with van der Waals surface area (Å²) in [7, 11) is 0. The Morgan fingerprint density at radius 2 is 2.00 bits per heavy atom. The van der Waals surface area contributed by atoms with Crippen LogP contribution in [-0.4, -0.2) is 30.9 Å². The van der Waals surface area contributed by atoms with E-state index < -0.39 is 0 Å². The standard InChI is InChI=1S/C25H25N5O2S/c26-13-7-14-29-16-20(19-10-4-5-11-21(19)29)22(31)17-33-25-28-27-24(23-12-6-15-32-23)30(25)18-8-2-1-3-9-18/h4-6,10-12,15-16,18H,1-3,7-9,14,17H2. The van der Waals surface area contributed by atoms with Gasteiger partial charge >= 0.3 is 0 Å². The van der Waals surface area contributed by atoms with Gasteiger partial charge in [-0.2, -0.15) is 5.26 Å². The highest BCUT2D eigenvalue weighted by atomic mass is 32.2. The molecule has 1 fully saturated rings. The fourth-order valence-electron chi connectivity index (χ4n) is 4.65.